The van der Waals surface area contributed by atoms with Crippen molar-refractivity contribution >= 4 is 5.91 Å². The molecule has 0 unspecified atom stereocenters. The summed E-state index contributed by atoms with van der Waals surface area (Å²) in [5, 5.41) is 3.15. The molecule has 0 saturated heterocycles. The van der Waals surface area contributed by atoms with E-state index in [1.54, 1.807) is 26.0 Å². The molecule has 0 spiro atoms. The summed E-state index contributed by atoms with van der Waals surface area (Å²) in [4.78, 5) is 14.2. The molecule has 0 aliphatic carbocycles. The second kappa shape index (κ2) is 5.56. The first-order valence-corrected chi connectivity index (χ1v) is 5.74. The Morgan fingerprint density at radius 3 is 2.33 bits per heavy atom. The van der Waals surface area contributed by atoms with E-state index in [0.717, 1.165) is 11.3 Å². The molecule has 18 heavy (non-hydrogen) atoms. The Morgan fingerprint density at radius 1 is 1.33 bits per heavy atom. The van der Waals surface area contributed by atoms with E-state index in [-0.39, 0.29) is 6.10 Å². The topological polar surface area (TPSA) is 75.1 Å². The highest BCUT2D eigenvalue weighted by Crippen LogP contribution is 2.27. The Hall–Kier alpha value is -2.00. The Kier molecular flexibility index (Phi) is 4.34. The van der Waals surface area contributed by atoms with Crippen LogP contribution in [0, 0.1) is 0 Å². The fourth-order valence-corrected chi connectivity index (χ4v) is 1.51. The normalized spacial score (nSPS) is 10.9. The molecule has 0 fully saturated rings. The van der Waals surface area contributed by atoms with Gasteiger partial charge in [0.2, 0.25) is 5.91 Å². The van der Waals surface area contributed by atoms with Crippen molar-refractivity contribution in [1.29, 1.82) is 0 Å². The van der Waals surface area contributed by atoms with Gasteiger partial charge in [-0.1, -0.05) is 12.1 Å². The second-order valence-corrected chi connectivity index (χ2v) is 4.81. The minimum atomic E-state index is -0.831. The number of benzene rings is 1. The van der Waals surface area contributed by atoms with E-state index in [4.69, 9.17) is 10.3 Å². The number of azide groups is 1. The second-order valence-electron chi connectivity index (χ2n) is 4.81. The maximum absolute atomic E-state index is 11.7. The largest absolute Gasteiger partial charge is 0.491 e. The molecule has 1 aromatic rings. The number of rotatable bonds is 4. The average molecular weight is 247 g/mol. The van der Waals surface area contributed by atoms with Crippen LogP contribution >= 0.6 is 0 Å². The SMILES string of the molecule is CC(C)Oc1ccc(C(C)(C)C(=O)N=[N+]=[N-])cc1. The Morgan fingerprint density at radius 2 is 1.89 bits per heavy atom. The lowest BCUT2D eigenvalue weighted by molar-refractivity contribution is -0.122. The quantitative estimate of drug-likeness (QED) is 0.463. The van der Waals surface area contributed by atoms with Crippen molar-refractivity contribution in [3.63, 3.8) is 0 Å². The summed E-state index contributed by atoms with van der Waals surface area (Å²) >= 11 is 0. The van der Waals surface area contributed by atoms with Gasteiger partial charge in [-0.25, -0.2) is 0 Å². The van der Waals surface area contributed by atoms with Crippen molar-refractivity contribution in [1.82, 2.24) is 0 Å². The number of hydrogen-bond donors (Lipinski definition) is 0. The molecule has 5 heteroatoms. The highest BCUT2D eigenvalue weighted by atomic mass is 16.5. The zero-order valence-corrected chi connectivity index (χ0v) is 11.0. The van der Waals surface area contributed by atoms with Gasteiger partial charge in [0.15, 0.2) is 0 Å². The average Bonchev–Trinajstić information content (AvgIpc) is 2.29. The van der Waals surface area contributed by atoms with Crippen LogP contribution in [0.3, 0.4) is 0 Å². The van der Waals surface area contributed by atoms with Gasteiger partial charge in [0.05, 0.1) is 11.5 Å². The smallest absolute Gasteiger partial charge is 0.228 e. The van der Waals surface area contributed by atoms with Crippen LogP contribution < -0.4 is 4.74 Å². The molecule has 1 rings (SSSR count). The molecule has 1 aromatic carbocycles. The van der Waals surface area contributed by atoms with E-state index < -0.39 is 11.3 Å². The number of amides is 1. The molecule has 0 bridgehead atoms. The number of carbonyl (C=O) groups excluding carboxylic acids is 1. The lowest BCUT2D eigenvalue weighted by atomic mass is 9.84. The first-order valence-electron chi connectivity index (χ1n) is 5.74. The first kappa shape index (κ1) is 14.1. The van der Waals surface area contributed by atoms with Crippen LogP contribution in [0.4, 0.5) is 0 Å². The number of ether oxygens (including phenoxy) is 1. The van der Waals surface area contributed by atoms with Gasteiger partial charge in [0.1, 0.15) is 5.75 Å². The molecule has 0 saturated carbocycles. The van der Waals surface area contributed by atoms with Crippen molar-refractivity contribution in [3.8, 4) is 5.75 Å². The molecule has 1 amide bonds. The summed E-state index contributed by atoms with van der Waals surface area (Å²) < 4.78 is 5.52. The Labute approximate surface area is 106 Å². The van der Waals surface area contributed by atoms with E-state index in [0.29, 0.717) is 0 Å². The van der Waals surface area contributed by atoms with Crippen molar-refractivity contribution in [3.05, 3.63) is 40.3 Å². The van der Waals surface area contributed by atoms with Crippen LogP contribution in [-0.4, -0.2) is 12.0 Å². The van der Waals surface area contributed by atoms with Crippen molar-refractivity contribution in [2.75, 3.05) is 0 Å². The number of hydrogen-bond acceptors (Lipinski definition) is 2. The third kappa shape index (κ3) is 3.25. The predicted molar refractivity (Wildman–Crippen MR) is 69.4 cm³/mol. The van der Waals surface area contributed by atoms with Gasteiger partial charge in [0.25, 0.3) is 0 Å². The van der Waals surface area contributed by atoms with Gasteiger partial charge in [-0.3, -0.25) is 4.79 Å². The van der Waals surface area contributed by atoms with Gasteiger partial charge in [0, 0.05) is 4.91 Å². The molecular weight excluding hydrogens is 230 g/mol. The third-order valence-corrected chi connectivity index (χ3v) is 2.62. The molecule has 0 aliphatic heterocycles. The van der Waals surface area contributed by atoms with E-state index in [1.165, 1.54) is 0 Å². The number of nitrogens with zero attached hydrogens (tertiary/aromatic N) is 3. The summed E-state index contributed by atoms with van der Waals surface area (Å²) in [6.07, 6.45) is 0.105. The maximum Gasteiger partial charge on any atom is 0.228 e. The van der Waals surface area contributed by atoms with Crippen LogP contribution in [0.15, 0.2) is 29.4 Å². The molecule has 5 nitrogen and oxygen atoms in total. The minimum Gasteiger partial charge on any atom is -0.491 e. The molecule has 0 aromatic heterocycles. The van der Waals surface area contributed by atoms with Crippen LogP contribution in [0.5, 0.6) is 5.75 Å². The van der Waals surface area contributed by atoms with Crippen LogP contribution in [0.2, 0.25) is 0 Å². The van der Waals surface area contributed by atoms with Crippen molar-refractivity contribution in [2.24, 2.45) is 5.11 Å². The molecule has 0 heterocycles. The van der Waals surface area contributed by atoms with E-state index in [1.807, 2.05) is 26.0 Å². The standard InChI is InChI=1S/C13H17N3O2/c1-9(2)18-11-7-5-10(6-8-11)13(3,4)12(17)15-16-14/h5-9H,1-4H3. The Balaban J connectivity index is 2.97. The van der Waals surface area contributed by atoms with Crippen LogP contribution in [0.1, 0.15) is 33.3 Å². The van der Waals surface area contributed by atoms with Gasteiger partial charge >= 0.3 is 0 Å². The summed E-state index contributed by atoms with van der Waals surface area (Å²) in [5.74, 6) is 0.253. The lowest BCUT2D eigenvalue weighted by Crippen LogP contribution is -2.26. The van der Waals surface area contributed by atoms with Gasteiger partial charge < -0.3 is 4.74 Å². The predicted octanol–water partition coefficient (Wildman–Crippen LogP) is 3.59. The zero-order chi connectivity index (χ0) is 13.8. The lowest BCUT2D eigenvalue weighted by Gasteiger charge is -2.21. The van der Waals surface area contributed by atoms with E-state index >= 15 is 0 Å². The van der Waals surface area contributed by atoms with Crippen molar-refractivity contribution < 1.29 is 9.53 Å². The summed E-state index contributed by atoms with van der Waals surface area (Å²) in [6, 6.07) is 7.23. The highest BCUT2D eigenvalue weighted by molar-refractivity contribution is 5.88. The summed E-state index contributed by atoms with van der Waals surface area (Å²) in [6.45, 7) is 7.34. The highest BCUT2D eigenvalue weighted by Gasteiger charge is 2.28. The fourth-order valence-electron chi connectivity index (χ4n) is 1.51. The fraction of sp³-hybridized carbons (Fsp3) is 0.462. The van der Waals surface area contributed by atoms with Crippen LogP contribution in [0.25, 0.3) is 10.4 Å². The number of carbonyl (C=O) groups is 1. The summed E-state index contributed by atoms with van der Waals surface area (Å²) in [7, 11) is 0. The third-order valence-electron chi connectivity index (χ3n) is 2.62. The maximum atomic E-state index is 11.7. The molecule has 0 aliphatic rings. The molecule has 0 radical (unpaired) electrons. The summed E-state index contributed by atoms with van der Waals surface area (Å²) in [5.41, 5.74) is 8.26. The van der Waals surface area contributed by atoms with E-state index in [2.05, 4.69) is 10.0 Å². The van der Waals surface area contributed by atoms with E-state index in [9.17, 15) is 4.79 Å². The monoisotopic (exact) mass is 247 g/mol. The molecule has 96 valence electrons. The molecule has 0 atom stereocenters. The Bertz CT molecular complexity index is 472. The van der Waals surface area contributed by atoms with Crippen LogP contribution in [-0.2, 0) is 10.2 Å². The molecular formula is C13H17N3O2. The molecule has 0 N–H and O–H groups in total. The van der Waals surface area contributed by atoms with Gasteiger partial charge in [-0.05, 0) is 56.0 Å². The van der Waals surface area contributed by atoms with Crippen molar-refractivity contribution in [2.45, 2.75) is 39.2 Å². The minimum absolute atomic E-state index is 0.105. The van der Waals surface area contributed by atoms with Gasteiger partial charge in [-0.2, -0.15) is 0 Å². The first-order chi connectivity index (χ1) is 8.37. The van der Waals surface area contributed by atoms with Gasteiger partial charge in [-0.15, -0.1) is 0 Å². The zero-order valence-electron chi connectivity index (χ0n) is 11.0.